The van der Waals surface area contributed by atoms with E-state index in [2.05, 4.69) is 30.9 Å². The van der Waals surface area contributed by atoms with Crippen molar-refractivity contribution in [1.29, 1.82) is 5.26 Å². The maximum atomic E-state index is 8.42. The van der Waals surface area contributed by atoms with Gasteiger partial charge in [-0.1, -0.05) is 0 Å². The van der Waals surface area contributed by atoms with Crippen molar-refractivity contribution in [3.05, 3.63) is 17.7 Å². The van der Waals surface area contributed by atoms with E-state index in [1.54, 1.807) is 13.4 Å². The maximum Gasteiger partial charge on any atom is 0.204 e. The zero-order valence-corrected chi connectivity index (χ0v) is 10.0. The van der Waals surface area contributed by atoms with Gasteiger partial charge in [-0.3, -0.25) is 10.3 Å². The van der Waals surface area contributed by atoms with Crippen LogP contribution in [0.25, 0.3) is 0 Å². The zero-order valence-electron chi connectivity index (χ0n) is 10.0. The van der Waals surface area contributed by atoms with Gasteiger partial charge in [0.2, 0.25) is 5.96 Å². The molecule has 0 aliphatic carbocycles. The summed E-state index contributed by atoms with van der Waals surface area (Å²) in [4.78, 5) is 11.3. The van der Waals surface area contributed by atoms with Crippen LogP contribution in [0.2, 0.25) is 0 Å². The number of aromatic amines is 1. The highest BCUT2D eigenvalue weighted by Crippen LogP contribution is 1.98. The number of aliphatic imine (C=N–C) groups is 1. The molecule has 0 amide bonds. The van der Waals surface area contributed by atoms with E-state index in [4.69, 9.17) is 5.26 Å². The number of H-pyrrole nitrogens is 1. The topological polar surface area (TPSA) is 101 Å². The van der Waals surface area contributed by atoms with Crippen LogP contribution in [-0.4, -0.2) is 36.1 Å². The van der Waals surface area contributed by atoms with Crippen LogP contribution < -0.4 is 16.0 Å². The summed E-state index contributed by atoms with van der Waals surface area (Å²) < 4.78 is 0. The van der Waals surface area contributed by atoms with Crippen LogP contribution in [0, 0.1) is 18.4 Å². The molecule has 0 spiro atoms. The summed E-state index contributed by atoms with van der Waals surface area (Å²) in [6.07, 6.45) is 3.49. The van der Waals surface area contributed by atoms with Crippen LogP contribution in [0.4, 0.5) is 0 Å². The summed E-state index contributed by atoms with van der Waals surface area (Å²) >= 11 is 0. The third-order valence-electron chi connectivity index (χ3n) is 2.20. The van der Waals surface area contributed by atoms with Crippen molar-refractivity contribution < 1.29 is 0 Å². The van der Waals surface area contributed by atoms with Gasteiger partial charge in [-0.25, -0.2) is 4.98 Å². The Hall–Kier alpha value is -2.07. The fourth-order valence-corrected chi connectivity index (χ4v) is 1.25. The lowest BCUT2D eigenvalue weighted by atomic mass is 10.3. The van der Waals surface area contributed by atoms with Crippen LogP contribution in [0.15, 0.2) is 11.3 Å². The van der Waals surface area contributed by atoms with Crippen LogP contribution in [-0.2, 0) is 6.54 Å². The number of imidazole rings is 1. The normalized spacial score (nSPS) is 11.0. The minimum atomic E-state index is 0.477. The first kappa shape index (κ1) is 13.0. The maximum absolute atomic E-state index is 8.42. The van der Waals surface area contributed by atoms with Gasteiger partial charge in [0.05, 0.1) is 18.6 Å². The average molecular weight is 235 g/mol. The molecular weight excluding hydrogens is 218 g/mol. The first-order chi connectivity index (χ1) is 8.27. The van der Waals surface area contributed by atoms with Gasteiger partial charge in [-0.05, 0) is 6.92 Å². The van der Waals surface area contributed by atoms with Crippen molar-refractivity contribution in [1.82, 2.24) is 25.9 Å². The van der Waals surface area contributed by atoms with E-state index in [1.165, 1.54) is 0 Å². The second-order valence-electron chi connectivity index (χ2n) is 3.37. The summed E-state index contributed by atoms with van der Waals surface area (Å²) in [5.74, 6) is 0.477. The highest BCUT2D eigenvalue weighted by atomic mass is 15.2. The van der Waals surface area contributed by atoms with E-state index in [0.29, 0.717) is 19.0 Å². The lowest BCUT2D eigenvalue weighted by Gasteiger charge is -2.03. The van der Waals surface area contributed by atoms with Gasteiger partial charge in [0.25, 0.3) is 0 Å². The molecule has 0 aromatic carbocycles. The van der Waals surface area contributed by atoms with E-state index in [1.807, 2.05) is 13.1 Å². The largest absolute Gasteiger partial charge is 0.359 e. The van der Waals surface area contributed by atoms with Crippen molar-refractivity contribution in [2.45, 2.75) is 13.5 Å². The third-order valence-corrected chi connectivity index (χ3v) is 2.20. The molecular formula is C10H17N7. The average Bonchev–Trinajstić information content (AvgIpc) is 2.73. The molecule has 0 unspecified atom stereocenters. The van der Waals surface area contributed by atoms with E-state index in [-0.39, 0.29) is 0 Å². The van der Waals surface area contributed by atoms with E-state index in [0.717, 1.165) is 17.9 Å². The highest BCUT2D eigenvalue weighted by molar-refractivity contribution is 5.80. The Bertz CT molecular complexity index is 401. The number of aryl methyl sites for hydroxylation is 1. The lowest BCUT2D eigenvalue weighted by molar-refractivity contribution is 0.680. The molecule has 0 bridgehead atoms. The van der Waals surface area contributed by atoms with Crippen LogP contribution >= 0.6 is 0 Å². The number of hydrogen-bond acceptors (Lipinski definition) is 4. The molecule has 7 heteroatoms. The molecule has 7 nitrogen and oxygen atoms in total. The molecule has 1 aromatic rings. The minimum absolute atomic E-state index is 0.477. The van der Waals surface area contributed by atoms with Crippen LogP contribution in [0.3, 0.4) is 0 Å². The van der Waals surface area contributed by atoms with Crippen molar-refractivity contribution in [2.75, 3.05) is 20.1 Å². The van der Waals surface area contributed by atoms with Crippen molar-refractivity contribution in [2.24, 2.45) is 4.99 Å². The predicted molar refractivity (Wildman–Crippen MR) is 65.1 cm³/mol. The molecule has 0 atom stereocenters. The van der Waals surface area contributed by atoms with Gasteiger partial charge < -0.3 is 15.6 Å². The molecule has 4 N–H and O–H groups in total. The second kappa shape index (κ2) is 7.24. The standard InChI is InChI=1S/C10H17N7/c1-8-9(17-7-16-8)5-13-3-4-14-10(12-2)15-6-11/h7,13H,3-5H2,1-2H3,(H,16,17)(H2,12,14,15). The molecule has 0 saturated heterocycles. The smallest absolute Gasteiger partial charge is 0.204 e. The molecule has 1 heterocycles. The second-order valence-corrected chi connectivity index (χ2v) is 3.37. The van der Waals surface area contributed by atoms with Gasteiger partial charge >= 0.3 is 0 Å². The Morgan fingerprint density at radius 2 is 2.47 bits per heavy atom. The molecule has 17 heavy (non-hydrogen) atoms. The fraction of sp³-hybridized carbons (Fsp3) is 0.500. The zero-order chi connectivity index (χ0) is 12.5. The highest BCUT2D eigenvalue weighted by Gasteiger charge is 1.99. The summed E-state index contributed by atoms with van der Waals surface area (Å²) in [6.45, 7) is 4.02. The van der Waals surface area contributed by atoms with Gasteiger partial charge in [0, 0.05) is 25.8 Å². The monoisotopic (exact) mass is 235 g/mol. The fourth-order valence-electron chi connectivity index (χ4n) is 1.25. The van der Waals surface area contributed by atoms with E-state index < -0.39 is 0 Å². The van der Waals surface area contributed by atoms with Gasteiger partial charge in [-0.15, -0.1) is 0 Å². The summed E-state index contributed by atoms with van der Waals surface area (Å²) in [7, 11) is 1.71. The Kier molecular flexibility index (Phi) is 5.54. The number of rotatable bonds is 5. The number of nitrogens with one attached hydrogen (secondary N) is 4. The van der Waals surface area contributed by atoms with E-state index >= 15 is 0 Å². The Balaban J connectivity index is 2.20. The first-order valence-corrected chi connectivity index (χ1v) is 5.34. The quantitative estimate of drug-likeness (QED) is 0.180. The van der Waals surface area contributed by atoms with Crippen molar-refractivity contribution in [3.63, 3.8) is 0 Å². The number of nitrogens with zero attached hydrogens (tertiary/aromatic N) is 3. The van der Waals surface area contributed by atoms with Crippen LogP contribution in [0.1, 0.15) is 11.4 Å². The number of aromatic nitrogens is 2. The molecule has 92 valence electrons. The number of nitriles is 1. The molecule has 0 saturated carbocycles. The van der Waals surface area contributed by atoms with Crippen molar-refractivity contribution >= 4 is 5.96 Å². The molecule has 1 rings (SSSR count). The Morgan fingerprint density at radius 1 is 1.65 bits per heavy atom. The molecule has 1 aromatic heterocycles. The van der Waals surface area contributed by atoms with Gasteiger partial charge in [0.15, 0.2) is 6.19 Å². The van der Waals surface area contributed by atoms with Crippen LogP contribution in [0.5, 0.6) is 0 Å². The predicted octanol–water partition coefficient (Wildman–Crippen LogP) is -0.546. The Labute approximate surface area is 100 Å². The first-order valence-electron chi connectivity index (χ1n) is 5.34. The SMILES string of the molecule is CN/C(=N/CCNCc1nc[nH]c1C)NC#N. The lowest BCUT2D eigenvalue weighted by Crippen LogP contribution is -2.32. The number of guanidine groups is 1. The number of hydrogen-bond donors (Lipinski definition) is 4. The summed E-state index contributed by atoms with van der Waals surface area (Å²) in [6, 6.07) is 0. The minimum Gasteiger partial charge on any atom is -0.359 e. The summed E-state index contributed by atoms with van der Waals surface area (Å²) in [5.41, 5.74) is 2.08. The molecule has 0 aliphatic heterocycles. The summed E-state index contributed by atoms with van der Waals surface area (Å²) in [5, 5.41) is 16.9. The van der Waals surface area contributed by atoms with E-state index in [9.17, 15) is 0 Å². The molecule has 0 fully saturated rings. The van der Waals surface area contributed by atoms with Crippen molar-refractivity contribution in [3.8, 4) is 6.19 Å². The third kappa shape index (κ3) is 4.53. The molecule has 0 aliphatic rings. The van der Waals surface area contributed by atoms with Gasteiger partial charge in [0.1, 0.15) is 0 Å². The molecule has 0 radical (unpaired) electrons. The Morgan fingerprint density at radius 3 is 3.06 bits per heavy atom. The van der Waals surface area contributed by atoms with Gasteiger partial charge in [-0.2, -0.15) is 5.26 Å².